The van der Waals surface area contributed by atoms with Crippen LogP contribution in [0.5, 0.6) is 0 Å². The molecule has 104 valence electrons. The lowest BCUT2D eigenvalue weighted by Crippen LogP contribution is -2.35. The van der Waals surface area contributed by atoms with Crippen molar-refractivity contribution in [1.82, 2.24) is 9.47 Å². The first-order chi connectivity index (χ1) is 9.02. The van der Waals surface area contributed by atoms with Crippen LogP contribution >= 0.6 is 0 Å². The van der Waals surface area contributed by atoms with E-state index in [9.17, 15) is 9.59 Å². The Morgan fingerprint density at radius 3 is 2.63 bits per heavy atom. The quantitative estimate of drug-likeness (QED) is 0.738. The van der Waals surface area contributed by atoms with E-state index < -0.39 is 0 Å². The van der Waals surface area contributed by atoms with E-state index >= 15 is 0 Å². The zero-order chi connectivity index (χ0) is 14.0. The first-order valence-corrected chi connectivity index (χ1v) is 7.02. The molecule has 4 nitrogen and oxygen atoms in total. The van der Waals surface area contributed by atoms with E-state index in [4.69, 9.17) is 0 Å². The van der Waals surface area contributed by atoms with Crippen molar-refractivity contribution in [3.8, 4) is 0 Å². The Labute approximate surface area is 114 Å². The Morgan fingerprint density at radius 1 is 1.42 bits per heavy atom. The fraction of sp³-hybridized carbons (Fsp3) is 0.600. The van der Waals surface area contributed by atoms with Crippen LogP contribution in [0.2, 0.25) is 0 Å². The van der Waals surface area contributed by atoms with Gasteiger partial charge in [-0.05, 0) is 25.8 Å². The molecule has 0 bridgehead atoms. The first kappa shape index (κ1) is 13.8. The highest BCUT2D eigenvalue weighted by molar-refractivity contribution is 5.97. The molecule has 0 spiro atoms. The number of aromatic nitrogens is 1. The fourth-order valence-electron chi connectivity index (χ4n) is 2.29. The van der Waals surface area contributed by atoms with Gasteiger partial charge in [0.25, 0.3) is 0 Å². The Morgan fingerprint density at radius 2 is 2.11 bits per heavy atom. The Hall–Kier alpha value is -1.58. The van der Waals surface area contributed by atoms with Crippen LogP contribution in [0.4, 0.5) is 0 Å². The normalized spacial score (nSPS) is 14.7. The maximum absolute atomic E-state index is 12.2. The zero-order valence-corrected chi connectivity index (χ0v) is 11.9. The van der Waals surface area contributed by atoms with Gasteiger partial charge in [0.05, 0.1) is 0 Å². The van der Waals surface area contributed by atoms with E-state index in [-0.39, 0.29) is 17.6 Å². The second-order valence-electron chi connectivity index (χ2n) is 5.50. The second kappa shape index (κ2) is 5.59. The van der Waals surface area contributed by atoms with E-state index in [0.717, 1.165) is 19.4 Å². The molecule has 0 saturated heterocycles. The summed E-state index contributed by atoms with van der Waals surface area (Å²) in [6.45, 7) is 6.88. The molecular formula is C15H22N2O2. The summed E-state index contributed by atoms with van der Waals surface area (Å²) in [6, 6.07) is 2.24. The molecule has 4 heteroatoms. The molecule has 1 aromatic heterocycles. The summed E-state index contributed by atoms with van der Waals surface area (Å²) in [7, 11) is 0. The van der Waals surface area contributed by atoms with Gasteiger partial charge >= 0.3 is 0 Å². The van der Waals surface area contributed by atoms with Crippen LogP contribution in [0.15, 0.2) is 18.5 Å². The molecule has 1 aliphatic carbocycles. The van der Waals surface area contributed by atoms with Crippen molar-refractivity contribution in [3.63, 3.8) is 0 Å². The SMILES string of the molecule is CCN(C(=O)Cn1ccc(C(=O)C(C)C)c1)C1CC1. The Bertz CT molecular complexity index is 472. The van der Waals surface area contributed by atoms with Gasteiger partial charge in [-0.2, -0.15) is 0 Å². The molecule has 1 fully saturated rings. The minimum absolute atomic E-state index is 0.00911. The van der Waals surface area contributed by atoms with Crippen molar-refractivity contribution in [1.29, 1.82) is 0 Å². The number of Topliss-reactive ketones (excluding diaryl/α,β-unsaturated/α-hetero) is 1. The lowest BCUT2D eigenvalue weighted by atomic mass is 10.0. The molecule has 0 aliphatic heterocycles. The molecule has 1 amide bonds. The Kier molecular flexibility index (Phi) is 4.08. The third kappa shape index (κ3) is 3.25. The summed E-state index contributed by atoms with van der Waals surface area (Å²) in [6.07, 6.45) is 5.85. The summed E-state index contributed by atoms with van der Waals surface area (Å²) < 4.78 is 1.81. The molecule has 1 heterocycles. The number of rotatable bonds is 6. The molecule has 0 unspecified atom stereocenters. The van der Waals surface area contributed by atoms with Gasteiger partial charge in [0, 0.05) is 36.5 Å². The lowest BCUT2D eigenvalue weighted by molar-refractivity contribution is -0.132. The van der Waals surface area contributed by atoms with Gasteiger partial charge < -0.3 is 9.47 Å². The first-order valence-electron chi connectivity index (χ1n) is 7.02. The molecule has 0 N–H and O–H groups in total. The van der Waals surface area contributed by atoms with Gasteiger partial charge in [-0.1, -0.05) is 13.8 Å². The monoisotopic (exact) mass is 262 g/mol. The summed E-state index contributed by atoms with van der Waals surface area (Å²) in [5.41, 5.74) is 0.692. The summed E-state index contributed by atoms with van der Waals surface area (Å²) in [5.74, 6) is 0.259. The van der Waals surface area contributed by atoms with Gasteiger partial charge in [-0.3, -0.25) is 9.59 Å². The summed E-state index contributed by atoms with van der Waals surface area (Å²) >= 11 is 0. The van der Waals surface area contributed by atoms with Crippen LogP contribution in [-0.2, 0) is 11.3 Å². The number of amides is 1. The Balaban J connectivity index is 1.99. The van der Waals surface area contributed by atoms with Crippen molar-refractivity contribution < 1.29 is 9.59 Å². The minimum Gasteiger partial charge on any atom is -0.344 e. The van der Waals surface area contributed by atoms with Crippen LogP contribution in [-0.4, -0.2) is 33.7 Å². The van der Waals surface area contributed by atoms with E-state index in [0.29, 0.717) is 18.2 Å². The van der Waals surface area contributed by atoms with Crippen molar-refractivity contribution in [2.24, 2.45) is 5.92 Å². The number of ketones is 1. The highest BCUT2D eigenvalue weighted by Crippen LogP contribution is 2.26. The molecule has 0 radical (unpaired) electrons. The van der Waals surface area contributed by atoms with E-state index in [1.807, 2.05) is 36.4 Å². The minimum atomic E-state index is -0.00911. The number of carbonyl (C=O) groups is 2. The van der Waals surface area contributed by atoms with Gasteiger partial charge in [-0.15, -0.1) is 0 Å². The summed E-state index contributed by atoms with van der Waals surface area (Å²) in [4.78, 5) is 25.9. The number of hydrogen-bond donors (Lipinski definition) is 0. The predicted molar refractivity (Wildman–Crippen MR) is 74.0 cm³/mol. The van der Waals surface area contributed by atoms with Crippen LogP contribution in [0, 0.1) is 5.92 Å². The van der Waals surface area contributed by atoms with Crippen LogP contribution in [0.3, 0.4) is 0 Å². The molecule has 2 rings (SSSR count). The number of nitrogens with zero attached hydrogens (tertiary/aromatic N) is 2. The zero-order valence-electron chi connectivity index (χ0n) is 11.9. The number of likely N-dealkylation sites (N-methyl/N-ethyl adjacent to an activating group) is 1. The third-order valence-corrected chi connectivity index (χ3v) is 3.53. The third-order valence-electron chi connectivity index (χ3n) is 3.53. The van der Waals surface area contributed by atoms with Gasteiger partial charge in [0.1, 0.15) is 6.54 Å². The standard InChI is InChI=1S/C15H22N2O2/c1-4-17(13-5-6-13)14(18)10-16-8-7-12(9-16)15(19)11(2)3/h7-9,11,13H,4-6,10H2,1-3H3. The topological polar surface area (TPSA) is 42.3 Å². The van der Waals surface area contributed by atoms with E-state index in [1.54, 1.807) is 12.3 Å². The van der Waals surface area contributed by atoms with Crippen molar-refractivity contribution in [2.75, 3.05) is 6.54 Å². The predicted octanol–water partition coefficient (Wildman–Crippen LogP) is 2.34. The number of hydrogen-bond acceptors (Lipinski definition) is 2. The smallest absolute Gasteiger partial charge is 0.242 e. The van der Waals surface area contributed by atoms with E-state index in [2.05, 4.69) is 0 Å². The van der Waals surface area contributed by atoms with Gasteiger partial charge in [0.15, 0.2) is 5.78 Å². The lowest BCUT2D eigenvalue weighted by Gasteiger charge is -2.20. The molecule has 0 aromatic carbocycles. The second-order valence-corrected chi connectivity index (χ2v) is 5.50. The molecular weight excluding hydrogens is 240 g/mol. The van der Waals surface area contributed by atoms with Crippen LogP contribution in [0.25, 0.3) is 0 Å². The maximum atomic E-state index is 12.2. The van der Waals surface area contributed by atoms with Gasteiger partial charge in [-0.25, -0.2) is 0 Å². The number of carbonyl (C=O) groups excluding carboxylic acids is 2. The van der Waals surface area contributed by atoms with Crippen LogP contribution < -0.4 is 0 Å². The average Bonchev–Trinajstić information content (AvgIpc) is 3.08. The molecule has 1 aliphatic rings. The summed E-state index contributed by atoms with van der Waals surface area (Å²) in [5, 5.41) is 0. The highest BCUT2D eigenvalue weighted by Gasteiger charge is 2.31. The highest BCUT2D eigenvalue weighted by atomic mass is 16.2. The molecule has 1 aromatic rings. The van der Waals surface area contributed by atoms with E-state index in [1.165, 1.54) is 0 Å². The van der Waals surface area contributed by atoms with Crippen molar-refractivity contribution in [3.05, 3.63) is 24.0 Å². The molecule has 19 heavy (non-hydrogen) atoms. The van der Waals surface area contributed by atoms with Crippen molar-refractivity contribution in [2.45, 2.75) is 46.2 Å². The van der Waals surface area contributed by atoms with Crippen LogP contribution in [0.1, 0.15) is 44.0 Å². The largest absolute Gasteiger partial charge is 0.344 e. The van der Waals surface area contributed by atoms with Crippen molar-refractivity contribution >= 4 is 11.7 Å². The fourth-order valence-corrected chi connectivity index (χ4v) is 2.29. The average molecular weight is 262 g/mol. The maximum Gasteiger partial charge on any atom is 0.242 e. The molecule has 0 atom stereocenters. The molecule has 1 saturated carbocycles. The van der Waals surface area contributed by atoms with Gasteiger partial charge in [0.2, 0.25) is 5.91 Å².